The molecule has 2 fully saturated rings. The van der Waals surface area contributed by atoms with Gasteiger partial charge in [-0.2, -0.15) is 0 Å². The summed E-state index contributed by atoms with van der Waals surface area (Å²) in [4.78, 5) is 26.9. The molecule has 0 aromatic carbocycles. The number of nitrogens with one attached hydrogen (secondary N) is 1. The highest BCUT2D eigenvalue weighted by Crippen LogP contribution is 2.23. The fraction of sp³-hybridized carbons (Fsp3) is 0.867. The molecule has 2 heterocycles. The minimum Gasteiger partial charge on any atom is -0.481 e. The molecule has 0 aromatic heterocycles. The molecule has 2 aliphatic rings. The fourth-order valence-electron chi connectivity index (χ4n) is 3.31. The zero-order chi connectivity index (χ0) is 15.2. The first kappa shape index (κ1) is 16.1. The Morgan fingerprint density at radius 1 is 1.19 bits per heavy atom. The van der Waals surface area contributed by atoms with E-state index in [1.807, 2.05) is 16.8 Å². The van der Waals surface area contributed by atoms with Crippen LogP contribution in [0.4, 0.5) is 4.79 Å². The molecule has 2 saturated heterocycles. The molecule has 2 aliphatic heterocycles. The first-order chi connectivity index (χ1) is 10.1. The highest BCUT2D eigenvalue weighted by Gasteiger charge is 2.28. The quantitative estimate of drug-likeness (QED) is 0.822. The van der Waals surface area contributed by atoms with Gasteiger partial charge in [0.25, 0.3) is 0 Å². The number of likely N-dealkylation sites (tertiary alicyclic amines) is 1. The van der Waals surface area contributed by atoms with Crippen molar-refractivity contribution in [3.63, 3.8) is 0 Å². The normalized spacial score (nSPS) is 21.3. The maximum absolute atomic E-state index is 12.5. The van der Waals surface area contributed by atoms with Crippen LogP contribution in [0.1, 0.15) is 38.5 Å². The van der Waals surface area contributed by atoms with Crippen molar-refractivity contribution in [3.05, 3.63) is 0 Å². The van der Waals surface area contributed by atoms with E-state index in [9.17, 15) is 9.59 Å². The van der Waals surface area contributed by atoms with Crippen molar-refractivity contribution in [2.75, 3.05) is 33.2 Å². The molecule has 2 rings (SSSR count). The van der Waals surface area contributed by atoms with Gasteiger partial charge in [0, 0.05) is 32.6 Å². The van der Waals surface area contributed by atoms with Crippen LogP contribution in [-0.2, 0) is 4.79 Å². The third-order valence-corrected chi connectivity index (χ3v) is 4.81. The number of hydrogen-bond acceptors (Lipinski definition) is 3. The summed E-state index contributed by atoms with van der Waals surface area (Å²) in [6.45, 7) is 3.50. The van der Waals surface area contributed by atoms with Crippen LogP contribution in [-0.4, -0.2) is 66.2 Å². The van der Waals surface area contributed by atoms with E-state index in [-0.39, 0.29) is 12.5 Å². The zero-order valence-electron chi connectivity index (χ0n) is 12.9. The molecule has 2 amide bonds. The Bertz CT molecular complexity index is 361. The van der Waals surface area contributed by atoms with E-state index in [0.717, 1.165) is 58.3 Å². The molecule has 0 aromatic rings. The molecule has 2 N–H and O–H groups in total. The molecule has 21 heavy (non-hydrogen) atoms. The summed E-state index contributed by atoms with van der Waals surface area (Å²) >= 11 is 0. The van der Waals surface area contributed by atoms with Gasteiger partial charge in [0.05, 0.1) is 0 Å². The van der Waals surface area contributed by atoms with Crippen molar-refractivity contribution in [1.29, 1.82) is 0 Å². The number of rotatable bonds is 4. The molecule has 0 aliphatic carbocycles. The lowest BCUT2D eigenvalue weighted by molar-refractivity contribution is -0.137. The van der Waals surface area contributed by atoms with Gasteiger partial charge < -0.3 is 20.2 Å². The Hall–Kier alpha value is -1.30. The summed E-state index contributed by atoms with van der Waals surface area (Å²) in [5.74, 6) is -0.270. The van der Waals surface area contributed by atoms with Crippen LogP contribution in [0, 0.1) is 5.92 Å². The van der Waals surface area contributed by atoms with Crippen molar-refractivity contribution >= 4 is 12.0 Å². The Labute approximate surface area is 126 Å². The number of piperidine rings is 2. The fourth-order valence-corrected chi connectivity index (χ4v) is 3.31. The average molecular weight is 297 g/mol. The lowest BCUT2D eigenvalue weighted by Crippen LogP contribution is -2.51. The summed E-state index contributed by atoms with van der Waals surface area (Å²) in [6.07, 6.45) is 4.89. The van der Waals surface area contributed by atoms with Gasteiger partial charge >= 0.3 is 12.0 Å². The highest BCUT2D eigenvalue weighted by atomic mass is 16.4. The Morgan fingerprint density at radius 2 is 1.81 bits per heavy atom. The van der Waals surface area contributed by atoms with Gasteiger partial charge in [-0.05, 0) is 51.1 Å². The van der Waals surface area contributed by atoms with Crippen molar-refractivity contribution in [3.8, 4) is 0 Å². The van der Waals surface area contributed by atoms with Crippen LogP contribution in [0.25, 0.3) is 0 Å². The van der Waals surface area contributed by atoms with Gasteiger partial charge in [-0.1, -0.05) is 0 Å². The molecule has 0 atom stereocenters. The molecule has 6 heteroatoms. The first-order valence-corrected chi connectivity index (χ1v) is 8.02. The van der Waals surface area contributed by atoms with E-state index in [0.29, 0.717) is 12.0 Å². The van der Waals surface area contributed by atoms with E-state index >= 15 is 0 Å². The number of amides is 2. The number of hydrogen-bond donors (Lipinski definition) is 2. The largest absolute Gasteiger partial charge is 0.481 e. The predicted molar refractivity (Wildman–Crippen MR) is 80.2 cm³/mol. The number of carbonyl (C=O) groups is 2. The van der Waals surface area contributed by atoms with Crippen LogP contribution in [0.15, 0.2) is 0 Å². The highest BCUT2D eigenvalue weighted by molar-refractivity contribution is 5.74. The van der Waals surface area contributed by atoms with E-state index in [1.54, 1.807) is 0 Å². The Morgan fingerprint density at radius 3 is 2.38 bits per heavy atom. The topological polar surface area (TPSA) is 72.9 Å². The molecule has 6 nitrogen and oxygen atoms in total. The van der Waals surface area contributed by atoms with Gasteiger partial charge in [0.2, 0.25) is 0 Å². The van der Waals surface area contributed by atoms with Crippen LogP contribution < -0.4 is 5.32 Å². The number of carboxylic acids is 1. The Balaban J connectivity index is 1.75. The van der Waals surface area contributed by atoms with E-state index < -0.39 is 5.97 Å². The van der Waals surface area contributed by atoms with E-state index in [4.69, 9.17) is 5.11 Å². The molecule has 0 spiro atoms. The summed E-state index contributed by atoms with van der Waals surface area (Å²) < 4.78 is 0. The second kappa shape index (κ2) is 7.64. The SMILES string of the molecule is CN(C(=O)N1CCC(CCC(=O)O)CC1)C1CCNCC1. The third kappa shape index (κ3) is 4.59. The van der Waals surface area contributed by atoms with Gasteiger partial charge in [-0.3, -0.25) is 4.79 Å². The standard InChI is InChI=1S/C15H27N3O3/c1-17(13-4-8-16-9-5-13)15(21)18-10-6-12(7-11-18)2-3-14(19)20/h12-13,16H,2-11H2,1H3,(H,19,20). The first-order valence-electron chi connectivity index (χ1n) is 8.02. The van der Waals surface area contributed by atoms with Crippen molar-refractivity contribution in [1.82, 2.24) is 15.1 Å². The van der Waals surface area contributed by atoms with Crippen molar-refractivity contribution in [2.24, 2.45) is 5.92 Å². The second-order valence-electron chi connectivity index (χ2n) is 6.24. The third-order valence-electron chi connectivity index (χ3n) is 4.81. The summed E-state index contributed by atoms with van der Waals surface area (Å²) in [7, 11) is 1.91. The molecule has 120 valence electrons. The molecule has 0 saturated carbocycles. The summed E-state index contributed by atoms with van der Waals surface area (Å²) in [5, 5.41) is 12.0. The molecular weight excluding hydrogens is 270 g/mol. The maximum atomic E-state index is 12.5. The lowest BCUT2D eigenvalue weighted by Gasteiger charge is -2.38. The predicted octanol–water partition coefficient (Wildman–Crippen LogP) is 1.37. The monoisotopic (exact) mass is 297 g/mol. The second-order valence-corrected chi connectivity index (χ2v) is 6.24. The number of aliphatic carboxylic acids is 1. The number of urea groups is 1. The van der Waals surface area contributed by atoms with Crippen molar-refractivity contribution < 1.29 is 14.7 Å². The van der Waals surface area contributed by atoms with Crippen molar-refractivity contribution in [2.45, 2.75) is 44.6 Å². The van der Waals surface area contributed by atoms with E-state index in [1.165, 1.54) is 0 Å². The van der Waals surface area contributed by atoms with Crippen LogP contribution in [0.5, 0.6) is 0 Å². The van der Waals surface area contributed by atoms with Gasteiger partial charge in [-0.25, -0.2) is 4.79 Å². The van der Waals surface area contributed by atoms with Crippen LogP contribution in [0.2, 0.25) is 0 Å². The average Bonchev–Trinajstić information content (AvgIpc) is 2.53. The Kier molecular flexibility index (Phi) is 5.85. The minimum atomic E-state index is -0.723. The minimum absolute atomic E-state index is 0.138. The number of carboxylic acid groups (broad SMARTS) is 1. The number of carbonyl (C=O) groups excluding carboxylic acids is 1. The van der Waals surface area contributed by atoms with Crippen LogP contribution >= 0.6 is 0 Å². The lowest BCUT2D eigenvalue weighted by atomic mass is 9.92. The van der Waals surface area contributed by atoms with Gasteiger partial charge in [0.1, 0.15) is 0 Å². The zero-order valence-corrected chi connectivity index (χ0v) is 12.9. The summed E-state index contributed by atoms with van der Waals surface area (Å²) in [5.41, 5.74) is 0. The van der Waals surface area contributed by atoms with Crippen LogP contribution in [0.3, 0.4) is 0 Å². The molecular formula is C15H27N3O3. The smallest absolute Gasteiger partial charge is 0.319 e. The number of nitrogens with zero attached hydrogens (tertiary/aromatic N) is 2. The molecule has 0 unspecified atom stereocenters. The van der Waals surface area contributed by atoms with E-state index in [2.05, 4.69) is 5.32 Å². The maximum Gasteiger partial charge on any atom is 0.319 e. The van der Waals surface area contributed by atoms with Gasteiger partial charge in [0.15, 0.2) is 0 Å². The molecule has 0 bridgehead atoms. The summed E-state index contributed by atoms with van der Waals surface area (Å²) in [6, 6.07) is 0.488. The molecule has 0 radical (unpaired) electrons. The van der Waals surface area contributed by atoms with Gasteiger partial charge in [-0.15, -0.1) is 0 Å².